The zero-order valence-electron chi connectivity index (χ0n) is 15.2. The molecule has 142 valence electrons. The molecular weight excluding hydrogens is 360 g/mol. The van der Waals surface area contributed by atoms with E-state index in [2.05, 4.69) is 30.6 Å². The van der Waals surface area contributed by atoms with Gasteiger partial charge in [-0.05, 0) is 31.4 Å². The van der Waals surface area contributed by atoms with Gasteiger partial charge in [-0.25, -0.2) is 9.97 Å². The summed E-state index contributed by atoms with van der Waals surface area (Å²) in [5, 5.41) is 11.6. The lowest BCUT2D eigenvalue weighted by atomic mass is 10.1. The number of hydrogen-bond acceptors (Lipinski definition) is 8. The highest BCUT2D eigenvalue weighted by atomic mass is 16.3. The Morgan fingerprint density at radius 1 is 1.29 bits per heavy atom. The molecule has 1 aliphatic carbocycles. The van der Waals surface area contributed by atoms with E-state index in [9.17, 15) is 4.79 Å². The van der Waals surface area contributed by atoms with Crippen LogP contribution in [0.4, 0.5) is 5.95 Å². The highest BCUT2D eigenvalue weighted by Crippen LogP contribution is 2.27. The van der Waals surface area contributed by atoms with Gasteiger partial charge in [0.25, 0.3) is 0 Å². The number of carbonyl (C=O) groups is 1. The molecule has 10 nitrogen and oxygen atoms in total. The average Bonchev–Trinajstić information content (AvgIpc) is 3.38. The van der Waals surface area contributed by atoms with Crippen molar-refractivity contribution in [2.24, 2.45) is 11.7 Å². The van der Waals surface area contributed by atoms with Crippen molar-refractivity contribution in [1.29, 1.82) is 0 Å². The zero-order chi connectivity index (χ0) is 19.3. The van der Waals surface area contributed by atoms with Crippen LogP contribution in [-0.4, -0.2) is 41.9 Å². The van der Waals surface area contributed by atoms with Crippen molar-refractivity contribution >= 4 is 34.1 Å². The second-order valence-corrected chi connectivity index (χ2v) is 7.04. The van der Waals surface area contributed by atoms with Crippen molar-refractivity contribution in [3.63, 3.8) is 0 Å². The molecule has 3 heterocycles. The number of aromatic nitrogens is 6. The molecule has 1 saturated carbocycles. The van der Waals surface area contributed by atoms with Gasteiger partial charge in [0.2, 0.25) is 11.9 Å². The van der Waals surface area contributed by atoms with Crippen LogP contribution < -0.4 is 11.1 Å². The molecule has 1 amide bonds. The maximum Gasteiger partial charge on any atom is 0.225 e. The number of nitrogens with one attached hydrogen (secondary N) is 1. The van der Waals surface area contributed by atoms with E-state index in [0.29, 0.717) is 35.0 Å². The largest absolute Gasteiger partial charge is 0.441 e. The maximum atomic E-state index is 11.4. The van der Waals surface area contributed by atoms with E-state index in [4.69, 9.17) is 10.2 Å². The molecule has 4 aromatic rings. The molecule has 2 atom stereocenters. The molecule has 0 bridgehead atoms. The number of nitrogens with two attached hydrogens (primary N) is 1. The molecule has 3 N–H and O–H groups in total. The average molecular weight is 378 g/mol. The van der Waals surface area contributed by atoms with E-state index < -0.39 is 0 Å². The highest BCUT2D eigenvalue weighted by molar-refractivity contribution is 5.78. The smallest absolute Gasteiger partial charge is 0.225 e. The summed E-state index contributed by atoms with van der Waals surface area (Å²) in [5.41, 5.74) is 8.80. The molecule has 0 aliphatic heterocycles. The van der Waals surface area contributed by atoms with E-state index in [1.165, 1.54) is 0 Å². The standard InChI is InChI=1S/C18H18N8O2/c1-9-21-13-5-4-12(7-15(13)28-9)26-17-14(24-25-26)8-20-18(23-17)22-11-3-2-10(6-11)16(19)27/h4-5,7-8,10-11H,2-3,6H2,1H3,(H2,19,27)(H,20,22,23). The van der Waals surface area contributed by atoms with Gasteiger partial charge >= 0.3 is 0 Å². The number of nitrogens with zero attached hydrogens (tertiary/aromatic N) is 6. The first-order valence-electron chi connectivity index (χ1n) is 9.09. The second kappa shape index (κ2) is 6.25. The van der Waals surface area contributed by atoms with E-state index in [1.807, 2.05) is 25.1 Å². The van der Waals surface area contributed by atoms with Crippen molar-refractivity contribution in [3.05, 3.63) is 30.3 Å². The maximum absolute atomic E-state index is 11.4. The Labute approximate surface area is 159 Å². The van der Waals surface area contributed by atoms with Gasteiger partial charge < -0.3 is 15.5 Å². The predicted molar refractivity (Wildman–Crippen MR) is 101 cm³/mol. The van der Waals surface area contributed by atoms with E-state index in [0.717, 1.165) is 24.0 Å². The van der Waals surface area contributed by atoms with Crippen molar-refractivity contribution in [2.45, 2.75) is 32.2 Å². The lowest BCUT2D eigenvalue weighted by Crippen LogP contribution is -2.23. The van der Waals surface area contributed by atoms with Crippen molar-refractivity contribution < 1.29 is 9.21 Å². The topological polar surface area (TPSA) is 138 Å². The van der Waals surface area contributed by atoms with Crippen LogP contribution in [-0.2, 0) is 4.79 Å². The third-order valence-electron chi connectivity index (χ3n) is 5.08. The van der Waals surface area contributed by atoms with Crippen LogP contribution in [0, 0.1) is 12.8 Å². The normalized spacial score (nSPS) is 19.5. The molecule has 1 fully saturated rings. The molecule has 2 unspecified atom stereocenters. The van der Waals surface area contributed by atoms with Gasteiger partial charge in [-0.15, -0.1) is 5.10 Å². The Morgan fingerprint density at radius 3 is 3.00 bits per heavy atom. The zero-order valence-corrected chi connectivity index (χ0v) is 15.2. The summed E-state index contributed by atoms with van der Waals surface area (Å²) in [6, 6.07) is 5.74. The number of amides is 1. The number of primary amides is 1. The third-order valence-corrected chi connectivity index (χ3v) is 5.08. The minimum absolute atomic E-state index is 0.0921. The number of rotatable bonds is 4. The van der Waals surface area contributed by atoms with E-state index in [1.54, 1.807) is 10.9 Å². The number of carbonyl (C=O) groups excluding carboxylic acids is 1. The molecule has 0 radical (unpaired) electrons. The number of aryl methyl sites for hydroxylation is 1. The molecular formula is C18H18N8O2. The Hall–Kier alpha value is -3.56. The summed E-state index contributed by atoms with van der Waals surface area (Å²) >= 11 is 0. The Morgan fingerprint density at radius 2 is 2.18 bits per heavy atom. The van der Waals surface area contributed by atoms with Crippen LogP contribution >= 0.6 is 0 Å². The fraction of sp³-hybridized carbons (Fsp3) is 0.333. The van der Waals surface area contributed by atoms with Crippen LogP contribution in [0.1, 0.15) is 25.2 Å². The van der Waals surface area contributed by atoms with Gasteiger partial charge in [-0.3, -0.25) is 4.79 Å². The summed E-state index contributed by atoms with van der Waals surface area (Å²) in [5.74, 6) is 0.740. The lowest BCUT2D eigenvalue weighted by molar-refractivity contribution is -0.121. The second-order valence-electron chi connectivity index (χ2n) is 7.04. The summed E-state index contributed by atoms with van der Waals surface area (Å²) in [6.07, 6.45) is 3.96. The van der Waals surface area contributed by atoms with E-state index >= 15 is 0 Å². The van der Waals surface area contributed by atoms with Gasteiger partial charge in [0.15, 0.2) is 22.6 Å². The lowest BCUT2D eigenvalue weighted by Gasteiger charge is -2.12. The first kappa shape index (κ1) is 16.6. The highest BCUT2D eigenvalue weighted by Gasteiger charge is 2.28. The number of oxazole rings is 1. The molecule has 1 aliphatic rings. The van der Waals surface area contributed by atoms with Crippen LogP contribution in [0.15, 0.2) is 28.8 Å². The molecule has 3 aromatic heterocycles. The van der Waals surface area contributed by atoms with Crippen molar-refractivity contribution in [1.82, 2.24) is 29.9 Å². The monoisotopic (exact) mass is 378 g/mol. The van der Waals surface area contributed by atoms with Gasteiger partial charge in [-0.2, -0.15) is 9.67 Å². The Bertz CT molecular complexity index is 1200. The van der Waals surface area contributed by atoms with Crippen LogP contribution in [0.3, 0.4) is 0 Å². The predicted octanol–water partition coefficient (Wildman–Crippen LogP) is 1.73. The van der Waals surface area contributed by atoms with Crippen LogP contribution in [0.5, 0.6) is 0 Å². The first-order chi connectivity index (χ1) is 13.6. The van der Waals surface area contributed by atoms with Gasteiger partial charge in [0.1, 0.15) is 5.52 Å². The first-order valence-corrected chi connectivity index (χ1v) is 9.09. The molecule has 5 rings (SSSR count). The minimum atomic E-state index is -0.249. The quantitative estimate of drug-likeness (QED) is 0.547. The molecule has 1 aromatic carbocycles. The third kappa shape index (κ3) is 2.82. The van der Waals surface area contributed by atoms with Crippen molar-refractivity contribution in [2.75, 3.05) is 5.32 Å². The van der Waals surface area contributed by atoms with Gasteiger partial charge in [0.05, 0.1) is 11.9 Å². The SMILES string of the molecule is Cc1nc2ccc(-n3nnc4cnc(NC5CCC(C(N)=O)C5)nc43)cc2o1. The number of hydrogen-bond donors (Lipinski definition) is 2. The van der Waals surface area contributed by atoms with E-state index in [-0.39, 0.29) is 17.9 Å². The van der Waals surface area contributed by atoms with Crippen LogP contribution in [0.2, 0.25) is 0 Å². The van der Waals surface area contributed by atoms with Gasteiger partial charge in [0, 0.05) is 24.9 Å². The molecule has 0 spiro atoms. The number of benzene rings is 1. The molecule has 0 saturated heterocycles. The number of fused-ring (bicyclic) bond motifs is 2. The van der Waals surface area contributed by atoms with Crippen LogP contribution in [0.25, 0.3) is 28.0 Å². The summed E-state index contributed by atoms with van der Waals surface area (Å²) in [7, 11) is 0. The fourth-order valence-corrected chi connectivity index (χ4v) is 3.69. The Kier molecular flexibility index (Phi) is 3.71. The summed E-state index contributed by atoms with van der Waals surface area (Å²) in [4.78, 5) is 24.6. The Balaban J connectivity index is 1.47. The summed E-state index contributed by atoms with van der Waals surface area (Å²) in [6.45, 7) is 1.81. The van der Waals surface area contributed by atoms with Crippen molar-refractivity contribution in [3.8, 4) is 5.69 Å². The molecule has 28 heavy (non-hydrogen) atoms. The van der Waals surface area contributed by atoms with Gasteiger partial charge in [-0.1, -0.05) is 5.21 Å². The summed E-state index contributed by atoms with van der Waals surface area (Å²) < 4.78 is 7.24. The fourth-order valence-electron chi connectivity index (χ4n) is 3.69. The molecule has 10 heteroatoms. The number of anilines is 1. The minimum Gasteiger partial charge on any atom is -0.441 e.